The van der Waals surface area contributed by atoms with Crippen LogP contribution in [0.3, 0.4) is 0 Å². The molecule has 0 bridgehead atoms. The number of nitrogens with one attached hydrogen (secondary N) is 1. The van der Waals surface area contributed by atoms with Crippen molar-refractivity contribution >= 4 is 43.9 Å². The summed E-state index contributed by atoms with van der Waals surface area (Å²) in [6, 6.07) is 7.99. The lowest BCUT2D eigenvalue weighted by Gasteiger charge is -2.12. The maximum Gasteiger partial charge on any atom is 0.262 e. The Hall–Kier alpha value is -3.11. The third-order valence-electron chi connectivity index (χ3n) is 4.03. The fraction of sp³-hybridized carbons (Fsp3) is 0. The van der Waals surface area contributed by atoms with E-state index < -0.39 is 21.7 Å². The summed E-state index contributed by atoms with van der Waals surface area (Å²) in [7, 11) is -3.98. The van der Waals surface area contributed by atoms with Crippen LogP contribution in [0.2, 0.25) is 0 Å². The van der Waals surface area contributed by atoms with Gasteiger partial charge in [-0.05, 0) is 41.3 Å². The van der Waals surface area contributed by atoms with Crippen LogP contribution in [0, 0.1) is 11.6 Å². The summed E-state index contributed by atoms with van der Waals surface area (Å²) >= 11 is 1.19. The second-order valence-electron chi connectivity index (χ2n) is 5.85. The summed E-state index contributed by atoms with van der Waals surface area (Å²) in [5, 5.41) is 3.54. The molecule has 0 unspecified atom stereocenters. The number of thiophene rings is 1. The first-order chi connectivity index (χ1) is 13.3. The predicted molar refractivity (Wildman–Crippen MR) is 104 cm³/mol. The molecule has 6 nitrogen and oxygen atoms in total. The van der Waals surface area contributed by atoms with Gasteiger partial charge in [0.1, 0.15) is 5.82 Å². The summed E-state index contributed by atoms with van der Waals surface area (Å²) in [5.41, 5.74) is 5.56. The summed E-state index contributed by atoms with van der Waals surface area (Å²) in [6.45, 7) is 0. The maximum absolute atomic E-state index is 15.0. The highest BCUT2D eigenvalue weighted by molar-refractivity contribution is 7.92. The molecule has 0 saturated carbocycles. The van der Waals surface area contributed by atoms with Gasteiger partial charge in [-0.1, -0.05) is 6.07 Å². The van der Waals surface area contributed by atoms with Crippen LogP contribution >= 0.6 is 11.3 Å². The molecule has 0 saturated heterocycles. The van der Waals surface area contributed by atoms with Crippen LogP contribution in [0.4, 0.5) is 20.4 Å². The van der Waals surface area contributed by atoms with Crippen LogP contribution in [0.25, 0.3) is 22.0 Å². The number of anilines is 2. The van der Waals surface area contributed by atoms with Crippen molar-refractivity contribution in [3.8, 4) is 11.1 Å². The summed E-state index contributed by atoms with van der Waals surface area (Å²) < 4.78 is 56.3. The van der Waals surface area contributed by atoms with Crippen molar-refractivity contribution in [3.05, 3.63) is 65.0 Å². The lowest BCUT2D eigenvalue weighted by Crippen LogP contribution is -2.13. The third-order valence-corrected chi connectivity index (χ3v) is 6.22. The van der Waals surface area contributed by atoms with Gasteiger partial charge in [0.2, 0.25) is 5.95 Å². The number of nitrogens with two attached hydrogens (primary N) is 1. The van der Waals surface area contributed by atoms with Crippen LogP contribution in [-0.4, -0.2) is 18.4 Å². The smallest absolute Gasteiger partial charge is 0.262 e. The number of benzene rings is 2. The van der Waals surface area contributed by atoms with Gasteiger partial charge in [0.25, 0.3) is 10.0 Å². The Kier molecular flexibility index (Phi) is 4.44. The van der Waals surface area contributed by atoms with Crippen LogP contribution < -0.4 is 10.5 Å². The molecule has 2 heterocycles. The Bertz CT molecular complexity index is 1290. The number of halogens is 2. The standard InChI is InChI=1S/C18H12F2N4O2S2/c19-13-2-4-15(24-28(25,26)12-5-6-27-9-12)17(20)16(13)10-1-3-14-11(7-10)8-22-18(21)23-14/h1-9,24H,(H2,21,22,23). The van der Waals surface area contributed by atoms with Crippen molar-refractivity contribution in [1.82, 2.24) is 9.97 Å². The topological polar surface area (TPSA) is 98.0 Å². The molecule has 2 aromatic carbocycles. The molecule has 142 valence electrons. The summed E-state index contributed by atoms with van der Waals surface area (Å²) in [5.74, 6) is -1.76. The Morgan fingerprint density at radius 1 is 1.11 bits per heavy atom. The summed E-state index contributed by atoms with van der Waals surface area (Å²) in [6.07, 6.45) is 1.44. The molecule has 0 aliphatic carbocycles. The van der Waals surface area contributed by atoms with E-state index in [-0.39, 0.29) is 27.7 Å². The van der Waals surface area contributed by atoms with Crippen molar-refractivity contribution in [3.63, 3.8) is 0 Å². The summed E-state index contributed by atoms with van der Waals surface area (Å²) in [4.78, 5) is 7.91. The van der Waals surface area contributed by atoms with E-state index in [4.69, 9.17) is 5.73 Å². The van der Waals surface area contributed by atoms with Crippen molar-refractivity contribution in [2.75, 3.05) is 10.5 Å². The Morgan fingerprint density at radius 3 is 2.68 bits per heavy atom. The Labute approximate surface area is 162 Å². The zero-order valence-electron chi connectivity index (χ0n) is 14.1. The van der Waals surface area contributed by atoms with Crippen molar-refractivity contribution in [2.24, 2.45) is 0 Å². The number of nitrogen functional groups attached to an aromatic ring is 1. The number of aromatic nitrogens is 2. The average Bonchev–Trinajstić information content (AvgIpc) is 3.20. The molecule has 4 aromatic rings. The molecule has 0 fully saturated rings. The number of rotatable bonds is 4. The first-order valence-corrected chi connectivity index (χ1v) is 10.3. The molecule has 10 heteroatoms. The quantitative estimate of drug-likeness (QED) is 0.522. The molecule has 0 spiro atoms. The predicted octanol–water partition coefficient (Wildman–Crippen LogP) is 4.02. The van der Waals surface area contributed by atoms with Crippen LogP contribution in [0.5, 0.6) is 0 Å². The normalized spacial score (nSPS) is 11.6. The van der Waals surface area contributed by atoms with Gasteiger partial charge in [0.05, 0.1) is 21.7 Å². The second-order valence-corrected chi connectivity index (χ2v) is 8.31. The lowest BCUT2D eigenvalue weighted by molar-refractivity contribution is 0.588. The van der Waals surface area contributed by atoms with Gasteiger partial charge in [-0.25, -0.2) is 27.2 Å². The van der Waals surface area contributed by atoms with E-state index in [9.17, 15) is 12.8 Å². The molecule has 28 heavy (non-hydrogen) atoms. The fourth-order valence-corrected chi connectivity index (χ4v) is 4.80. The van der Waals surface area contributed by atoms with Crippen molar-refractivity contribution in [2.45, 2.75) is 4.90 Å². The van der Waals surface area contributed by atoms with Gasteiger partial charge in [-0.15, -0.1) is 0 Å². The number of nitrogens with zero attached hydrogens (tertiary/aromatic N) is 2. The highest BCUT2D eigenvalue weighted by Gasteiger charge is 2.21. The minimum Gasteiger partial charge on any atom is -0.368 e. The molecule has 3 N–H and O–H groups in total. The Balaban J connectivity index is 1.80. The van der Waals surface area contributed by atoms with Crippen LogP contribution in [-0.2, 0) is 10.0 Å². The van der Waals surface area contributed by atoms with E-state index in [1.165, 1.54) is 41.1 Å². The monoisotopic (exact) mass is 418 g/mol. The SMILES string of the molecule is Nc1ncc2cc(-c3c(F)ccc(NS(=O)(=O)c4ccsc4)c3F)ccc2n1. The first kappa shape index (κ1) is 18.3. The second kappa shape index (κ2) is 6.80. The lowest BCUT2D eigenvalue weighted by atomic mass is 10.0. The Morgan fingerprint density at radius 2 is 1.93 bits per heavy atom. The highest BCUT2D eigenvalue weighted by Crippen LogP contribution is 2.33. The van der Waals surface area contributed by atoms with Gasteiger partial charge in [0.15, 0.2) is 5.82 Å². The van der Waals surface area contributed by atoms with Crippen LogP contribution in [0.15, 0.2) is 58.3 Å². The van der Waals surface area contributed by atoms with Gasteiger partial charge in [0, 0.05) is 17.0 Å². The zero-order chi connectivity index (χ0) is 19.9. The number of hydrogen-bond donors (Lipinski definition) is 2. The van der Waals surface area contributed by atoms with Crippen molar-refractivity contribution < 1.29 is 17.2 Å². The van der Waals surface area contributed by atoms with E-state index in [1.807, 2.05) is 0 Å². The van der Waals surface area contributed by atoms with E-state index >= 15 is 4.39 Å². The molecule has 0 radical (unpaired) electrons. The van der Waals surface area contributed by atoms with Crippen molar-refractivity contribution in [1.29, 1.82) is 0 Å². The molecule has 0 aliphatic heterocycles. The maximum atomic E-state index is 15.0. The fourth-order valence-electron chi connectivity index (χ4n) is 2.71. The van der Waals surface area contributed by atoms with E-state index in [0.29, 0.717) is 10.9 Å². The van der Waals surface area contributed by atoms with Gasteiger partial charge < -0.3 is 5.73 Å². The van der Waals surface area contributed by atoms with Crippen LogP contribution in [0.1, 0.15) is 0 Å². The minimum absolute atomic E-state index is 0.00298. The third kappa shape index (κ3) is 3.27. The van der Waals surface area contributed by atoms with E-state index in [1.54, 1.807) is 11.4 Å². The van der Waals surface area contributed by atoms with E-state index in [0.717, 1.165) is 12.1 Å². The largest absolute Gasteiger partial charge is 0.368 e. The zero-order valence-corrected chi connectivity index (χ0v) is 15.7. The minimum atomic E-state index is -3.98. The molecule has 0 atom stereocenters. The number of sulfonamides is 1. The average molecular weight is 418 g/mol. The highest BCUT2D eigenvalue weighted by atomic mass is 32.2. The molecular formula is C18H12F2N4O2S2. The molecule has 0 aliphatic rings. The van der Waals surface area contributed by atoms with Gasteiger partial charge >= 0.3 is 0 Å². The van der Waals surface area contributed by atoms with E-state index in [2.05, 4.69) is 14.7 Å². The molecule has 0 amide bonds. The molecule has 4 rings (SSSR count). The number of fused-ring (bicyclic) bond motifs is 1. The molecular weight excluding hydrogens is 406 g/mol. The first-order valence-electron chi connectivity index (χ1n) is 7.91. The molecule has 2 aromatic heterocycles. The van der Waals surface area contributed by atoms with Gasteiger partial charge in [-0.3, -0.25) is 4.72 Å². The number of hydrogen-bond acceptors (Lipinski definition) is 6. The van der Waals surface area contributed by atoms with Gasteiger partial charge in [-0.2, -0.15) is 11.3 Å².